The molecule has 2 aromatic heterocycles. The van der Waals surface area contributed by atoms with Crippen molar-refractivity contribution >= 4 is 29.4 Å². The Morgan fingerprint density at radius 2 is 1.94 bits per heavy atom. The maximum atomic E-state index is 12.8. The summed E-state index contributed by atoms with van der Waals surface area (Å²) in [6, 6.07) is 6.97. The molecular weight excluding hydrogens is 468 g/mol. The number of hydrogen-bond acceptors (Lipinski definition) is 6. The van der Waals surface area contributed by atoms with Gasteiger partial charge < -0.3 is 19.0 Å². The number of nitrogens with zero attached hydrogens (tertiary/aromatic N) is 3. The van der Waals surface area contributed by atoms with E-state index in [0.29, 0.717) is 12.1 Å². The number of imidazole rings is 1. The molecule has 8 nitrogen and oxygen atoms in total. The summed E-state index contributed by atoms with van der Waals surface area (Å²) < 4.78 is 9.23. The lowest BCUT2D eigenvalue weighted by molar-refractivity contribution is -0.157. The fourth-order valence-corrected chi connectivity index (χ4v) is 4.69. The fourth-order valence-electron chi connectivity index (χ4n) is 4.69. The van der Waals surface area contributed by atoms with Crippen LogP contribution in [-0.2, 0) is 30.2 Å². The summed E-state index contributed by atoms with van der Waals surface area (Å²) in [7, 11) is 3.69. The van der Waals surface area contributed by atoms with E-state index in [2.05, 4.69) is 5.32 Å². The van der Waals surface area contributed by atoms with E-state index in [0.717, 1.165) is 53.7 Å². The van der Waals surface area contributed by atoms with Gasteiger partial charge >= 0.3 is 5.97 Å². The van der Waals surface area contributed by atoms with Gasteiger partial charge in [0.05, 0.1) is 16.6 Å². The number of nitrogens with one attached hydrogen (secondary N) is 1. The van der Waals surface area contributed by atoms with Gasteiger partial charge in [0.15, 0.2) is 0 Å². The first kappa shape index (κ1) is 26.9. The lowest BCUT2D eigenvalue weighted by Crippen LogP contribution is -2.53. The summed E-state index contributed by atoms with van der Waals surface area (Å²) in [5, 5.41) is 13.8. The molecule has 190 valence electrons. The summed E-state index contributed by atoms with van der Waals surface area (Å²) in [4.78, 5) is 29.7. The maximum absolute atomic E-state index is 12.8. The molecule has 1 aliphatic rings. The molecule has 0 bridgehead atoms. The Hall–Kier alpha value is -2.68. The molecule has 3 aromatic rings. The van der Waals surface area contributed by atoms with Crippen molar-refractivity contribution in [2.75, 3.05) is 0 Å². The smallest absolute Gasteiger partial charge is 0.326 e. The molecule has 1 aliphatic carbocycles. The standard InChI is InChI=1S/C26H34N4O4.ClH/c1-16-12-18(15-29(4)24(16)31)23-28-20-13-17(10-11-21(20)30(23)5)14-27-22(26(2,3)33)25(32)34-19-8-6-7-9-19;/h10-13,15,19,22,27,33H,6-9,14H2,1-5H3;1H/t22-;/m1./s1. The van der Waals surface area contributed by atoms with Gasteiger partial charge in [0.1, 0.15) is 18.0 Å². The van der Waals surface area contributed by atoms with E-state index in [1.54, 1.807) is 38.6 Å². The van der Waals surface area contributed by atoms with Crippen molar-refractivity contribution in [2.24, 2.45) is 14.1 Å². The number of aromatic nitrogens is 3. The van der Waals surface area contributed by atoms with Crippen LogP contribution in [-0.4, -0.2) is 42.9 Å². The zero-order valence-electron chi connectivity index (χ0n) is 21.0. The summed E-state index contributed by atoms with van der Waals surface area (Å²) in [6.45, 7) is 5.41. The van der Waals surface area contributed by atoms with Gasteiger partial charge in [-0.1, -0.05) is 6.07 Å². The molecule has 1 saturated carbocycles. The first-order valence-corrected chi connectivity index (χ1v) is 11.8. The monoisotopic (exact) mass is 502 g/mol. The molecule has 0 amide bonds. The van der Waals surface area contributed by atoms with E-state index in [1.165, 1.54) is 0 Å². The number of aliphatic hydroxyl groups is 1. The van der Waals surface area contributed by atoms with Gasteiger partial charge in [-0.15, -0.1) is 12.4 Å². The molecule has 35 heavy (non-hydrogen) atoms. The number of benzene rings is 1. The third-order valence-electron chi connectivity index (χ3n) is 6.60. The van der Waals surface area contributed by atoms with Crippen LogP contribution in [0.3, 0.4) is 0 Å². The number of aryl methyl sites for hydroxylation is 3. The van der Waals surface area contributed by atoms with E-state index in [-0.39, 0.29) is 24.1 Å². The molecule has 1 fully saturated rings. The van der Waals surface area contributed by atoms with Crippen LogP contribution in [0.15, 0.2) is 35.3 Å². The second-order valence-corrected chi connectivity index (χ2v) is 9.96. The minimum atomic E-state index is -1.26. The van der Waals surface area contributed by atoms with E-state index in [4.69, 9.17) is 9.72 Å². The van der Waals surface area contributed by atoms with E-state index in [1.807, 2.05) is 35.9 Å². The molecule has 0 spiro atoms. The van der Waals surface area contributed by atoms with Gasteiger partial charge in [0.2, 0.25) is 0 Å². The van der Waals surface area contributed by atoms with Gasteiger partial charge in [0, 0.05) is 38.0 Å². The summed E-state index contributed by atoms with van der Waals surface area (Å²) in [5.41, 5.74) is 2.97. The van der Waals surface area contributed by atoms with Crippen LogP contribution in [0.5, 0.6) is 0 Å². The Morgan fingerprint density at radius 1 is 1.26 bits per heavy atom. The van der Waals surface area contributed by atoms with Crippen LogP contribution in [0.2, 0.25) is 0 Å². The average Bonchev–Trinajstić information content (AvgIpc) is 3.38. The quantitative estimate of drug-likeness (QED) is 0.480. The third-order valence-corrected chi connectivity index (χ3v) is 6.60. The first-order chi connectivity index (χ1) is 16.0. The lowest BCUT2D eigenvalue weighted by atomic mass is 9.98. The molecular formula is C26H35ClN4O4. The van der Waals surface area contributed by atoms with E-state index < -0.39 is 17.6 Å². The van der Waals surface area contributed by atoms with Gasteiger partial charge in [-0.3, -0.25) is 14.9 Å². The zero-order chi connectivity index (χ0) is 24.6. The lowest BCUT2D eigenvalue weighted by Gasteiger charge is -2.29. The predicted molar refractivity (Wildman–Crippen MR) is 139 cm³/mol. The number of carbonyl (C=O) groups excluding carboxylic acids is 1. The second-order valence-electron chi connectivity index (χ2n) is 9.96. The molecule has 0 unspecified atom stereocenters. The number of halogens is 1. The second kappa shape index (κ2) is 10.5. The zero-order valence-corrected chi connectivity index (χ0v) is 21.8. The minimum Gasteiger partial charge on any atom is -0.461 e. The molecule has 1 atom stereocenters. The van der Waals surface area contributed by atoms with Gasteiger partial charge in [0.25, 0.3) is 5.56 Å². The maximum Gasteiger partial charge on any atom is 0.326 e. The number of esters is 1. The van der Waals surface area contributed by atoms with E-state index in [9.17, 15) is 14.7 Å². The Bertz CT molecular complexity index is 1240. The molecule has 0 radical (unpaired) electrons. The van der Waals surface area contributed by atoms with Crippen molar-refractivity contribution in [2.45, 2.75) is 70.7 Å². The summed E-state index contributed by atoms with van der Waals surface area (Å²) >= 11 is 0. The van der Waals surface area contributed by atoms with Crippen molar-refractivity contribution in [1.82, 2.24) is 19.4 Å². The molecule has 2 N–H and O–H groups in total. The number of pyridine rings is 1. The highest BCUT2D eigenvalue weighted by Gasteiger charge is 2.36. The van der Waals surface area contributed by atoms with Crippen molar-refractivity contribution in [3.63, 3.8) is 0 Å². The van der Waals surface area contributed by atoms with Crippen LogP contribution in [0.1, 0.15) is 50.7 Å². The molecule has 2 heterocycles. The predicted octanol–water partition coefficient (Wildman–Crippen LogP) is 3.38. The van der Waals surface area contributed by atoms with Gasteiger partial charge in [-0.25, -0.2) is 4.98 Å². The highest BCUT2D eigenvalue weighted by Crippen LogP contribution is 2.25. The van der Waals surface area contributed by atoms with Crippen LogP contribution < -0.4 is 10.9 Å². The van der Waals surface area contributed by atoms with Crippen LogP contribution in [0.25, 0.3) is 22.4 Å². The Labute approximate surface area is 211 Å². The molecule has 9 heteroatoms. The molecule has 0 aliphatic heterocycles. The van der Waals surface area contributed by atoms with E-state index >= 15 is 0 Å². The Balaban J connectivity index is 0.00000342. The minimum absolute atomic E-state index is 0. The highest BCUT2D eigenvalue weighted by molar-refractivity contribution is 5.85. The average molecular weight is 503 g/mol. The molecule has 1 aromatic carbocycles. The van der Waals surface area contributed by atoms with Crippen LogP contribution >= 0.6 is 12.4 Å². The van der Waals surface area contributed by atoms with Crippen molar-refractivity contribution < 1.29 is 14.6 Å². The third kappa shape index (κ3) is 5.77. The number of ether oxygens (including phenoxy) is 1. The fraction of sp³-hybridized carbons (Fsp3) is 0.500. The summed E-state index contributed by atoms with van der Waals surface area (Å²) in [5.74, 6) is 0.360. The van der Waals surface area contributed by atoms with Crippen LogP contribution in [0.4, 0.5) is 0 Å². The topological polar surface area (TPSA) is 98.4 Å². The van der Waals surface area contributed by atoms with Crippen molar-refractivity contribution in [3.8, 4) is 11.4 Å². The molecule has 0 saturated heterocycles. The normalized spacial score (nSPS) is 15.3. The largest absolute Gasteiger partial charge is 0.461 e. The highest BCUT2D eigenvalue weighted by atomic mass is 35.5. The van der Waals surface area contributed by atoms with Gasteiger partial charge in [-0.2, -0.15) is 0 Å². The van der Waals surface area contributed by atoms with Crippen molar-refractivity contribution in [1.29, 1.82) is 0 Å². The van der Waals surface area contributed by atoms with Crippen LogP contribution in [0, 0.1) is 6.92 Å². The number of hydrogen-bond donors (Lipinski definition) is 2. The number of carbonyl (C=O) groups is 1. The van der Waals surface area contributed by atoms with Gasteiger partial charge in [-0.05, 0) is 70.2 Å². The first-order valence-electron chi connectivity index (χ1n) is 11.8. The number of fused-ring (bicyclic) bond motifs is 1. The Morgan fingerprint density at radius 3 is 2.57 bits per heavy atom. The Kier molecular flexibility index (Phi) is 8.09. The molecule has 4 rings (SSSR count). The number of rotatable bonds is 7. The van der Waals surface area contributed by atoms with Crippen molar-refractivity contribution in [3.05, 3.63) is 51.9 Å². The SMILES string of the molecule is Cc1cc(-c2nc3cc(CN[C@H](C(=O)OC4CCCC4)C(C)(C)O)ccc3n2C)cn(C)c1=O.Cl. The summed E-state index contributed by atoms with van der Waals surface area (Å²) in [6.07, 6.45) is 5.66.